The summed E-state index contributed by atoms with van der Waals surface area (Å²) < 4.78 is 0. The van der Waals surface area contributed by atoms with Crippen molar-refractivity contribution in [1.82, 2.24) is 4.90 Å². The predicted molar refractivity (Wildman–Crippen MR) is 82.6 cm³/mol. The van der Waals surface area contributed by atoms with Gasteiger partial charge in [-0.1, -0.05) is 30.7 Å². The molecular formula is C18H26N2. The molecule has 1 aromatic rings. The van der Waals surface area contributed by atoms with Gasteiger partial charge in [-0.3, -0.25) is 4.90 Å². The fourth-order valence-electron chi connectivity index (χ4n) is 4.84. The van der Waals surface area contributed by atoms with Crippen molar-refractivity contribution < 1.29 is 0 Å². The number of aryl methyl sites for hydroxylation is 1. The number of hydrogen-bond acceptors (Lipinski definition) is 2. The Kier molecular flexibility index (Phi) is 3.31. The van der Waals surface area contributed by atoms with Crippen LogP contribution < -0.4 is 5.73 Å². The van der Waals surface area contributed by atoms with Crippen LogP contribution in [-0.2, 0) is 12.8 Å². The molecule has 2 heteroatoms. The molecule has 0 radical (unpaired) electrons. The Morgan fingerprint density at radius 1 is 1.00 bits per heavy atom. The van der Waals surface area contributed by atoms with Crippen molar-refractivity contribution in [3.63, 3.8) is 0 Å². The molecule has 1 saturated heterocycles. The summed E-state index contributed by atoms with van der Waals surface area (Å²) in [6.07, 6.45) is 7.87. The standard InChI is InChI=1S/C18H26N2/c19-18-7-3-6-15-11-20(12-17(15)18)16-9-8-13-4-1-2-5-14(13)10-16/h1-2,4-5,15-18H,3,6-12,19H2. The summed E-state index contributed by atoms with van der Waals surface area (Å²) >= 11 is 0. The van der Waals surface area contributed by atoms with Gasteiger partial charge >= 0.3 is 0 Å². The molecule has 20 heavy (non-hydrogen) atoms. The maximum absolute atomic E-state index is 6.36. The van der Waals surface area contributed by atoms with E-state index >= 15 is 0 Å². The van der Waals surface area contributed by atoms with Crippen LogP contribution in [0.1, 0.15) is 36.8 Å². The van der Waals surface area contributed by atoms with Crippen LogP contribution in [-0.4, -0.2) is 30.1 Å². The molecule has 2 N–H and O–H groups in total. The Morgan fingerprint density at radius 3 is 2.70 bits per heavy atom. The second-order valence-electron chi connectivity index (χ2n) is 7.14. The highest BCUT2D eigenvalue weighted by Gasteiger charge is 2.41. The van der Waals surface area contributed by atoms with E-state index in [1.165, 1.54) is 51.6 Å². The van der Waals surface area contributed by atoms with Crippen LogP contribution in [0.2, 0.25) is 0 Å². The molecule has 4 rings (SSSR count). The van der Waals surface area contributed by atoms with Gasteiger partial charge in [-0.25, -0.2) is 0 Å². The number of likely N-dealkylation sites (tertiary alicyclic amines) is 1. The molecule has 0 amide bonds. The van der Waals surface area contributed by atoms with Gasteiger partial charge in [0, 0.05) is 25.2 Å². The van der Waals surface area contributed by atoms with E-state index in [0.29, 0.717) is 6.04 Å². The first-order valence-corrected chi connectivity index (χ1v) is 8.37. The highest BCUT2D eigenvalue weighted by molar-refractivity contribution is 5.30. The van der Waals surface area contributed by atoms with Crippen molar-refractivity contribution in [2.45, 2.75) is 50.6 Å². The number of hydrogen-bond donors (Lipinski definition) is 1. The first kappa shape index (κ1) is 12.8. The van der Waals surface area contributed by atoms with Crippen molar-refractivity contribution in [3.05, 3.63) is 35.4 Å². The first-order chi connectivity index (χ1) is 9.81. The zero-order chi connectivity index (χ0) is 13.5. The maximum Gasteiger partial charge on any atom is 0.0139 e. The van der Waals surface area contributed by atoms with E-state index in [0.717, 1.165) is 17.9 Å². The lowest BCUT2D eigenvalue weighted by Crippen LogP contribution is -2.40. The molecule has 108 valence electrons. The minimum absolute atomic E-state index is 0.467. The summed E-state index contributed by atoms with van der Waals surface area (Å²) in [5.74, 6) is 1.66. The van der Waals surface area contributed by atoms with Crippen molar-refractivity contribution in [1.29, 1.82) is 0 Å². The van der Waals surface area contributed by atoms with Gasteiger partial charge in [-0.15, -0.1) is 0 Å². The molecule has 0 spiro atoms. The van der Waals surface area contributed by atoms with Gasteiger partial charge in [0.1, 0.15) is 0 Å². The molecule has 1 aromatic carbocycles. The summed E-state index contributed by atoms with van der Waals surface area (Å²) in [4.78, 5) is 2.77. The number of fused-ring (bicyclic) bond motifs is 2. The molecule has 2 aliphatic carbocycles. The number of nitrogens with two attached hydrogens (primary N) is 1. The van der Waals surface area contributed by atoms with Crippen LogP contribution in [0.5, 0.6) is 0 Å². The normalized spacial score (nSPS) is 37.5. The van der Waals surface area contributed by atoms with Crippen molar-refractivity contribution >= 4 is 0 Å². The molecule has 0 bridgehead atoms. The molecular weight excluding hydrogens is 244 g/mol. The molecule has 2 fully saturated rings. The Labute approximate surface area is 122 Å². The van der Waals surface area contributed by atoms with Crippen LogP contribution in [0.3, 0.4) is 0 Å². The highest BCUT2D eigenvalue weighted by atomic mass is 15.2. The lowest BCUT2D eigenvalue weighted by atomic mass is 9.78. The number of nitrogens with zero attached hydrogens (tertiary/aromatic N) is 1. The van der Waals surface area contributed by atoms with Crippen LogP contribution in [0, 0.1) is 11.8 Å². The first-order valence-electron chi connectivity index (χ1n) is 8.37. The molecule has 1 heterocycles. The van der Waals surface area contributed by atoms with Crippen LogP contribution in [0.4, 0.5) is 0 Å². The molecule has 1 saturated carbocycles. The van der Waals surface area contributed by atoms with Gasteiger partial charge in [0.2, 0.25) is 0 Å². The fraction of sp³-hybridized carbons (Fsp3) is 0.667. The largest absolute Gasteiger partial charge is 0.327 e. The van der Waals surface area contributed by atoms with Gasteiger partial charge in [0.25, 0.3) is 0 Å². The Balaban J connectivity index is 1.48. The maximum atomic E-state index is 6.36. The zero-order valence-electron chi connectivity index (χ0n) is 12.3. The van der Waals surface area contributed by atoms with Crippen molar-refractivity contribution in [2.75, 3.05) is 13.1 Å². The van der Waals surface area contributed by atoms with E-state index in [9.17, 15) is 0 Å². The highest BCUT2D eigenvalue weighted by Crippen LogP contribution is 2.38. The summed E-state index contributed by atoms with van der Waals surface area (Å²) in [5.41, 5.74) is 9.53. The second-order valence-corrected chi connectivity index (χ2v) is 7.14. The van der Waals surface area contributed by atoms with Crippen molar-refractivity contribution in [3.8, 4) is 0 Å². The lowest BCUT2D eigenvalue weighted by Gasteiger charge is -2.32. The minimum Gasteiger partial charge on any atom is -0.327 e. The summed E-state index contributed by atoms with van der Waals surface area (Å²) in [5, 5.41) is 0. The molecule has 4 atom stereocenters. The molecule has 3 aliphatic rings. The molecule has 1 aliphatic heterocycles. The summed E-state index contributed by atoms with van der Waals surface area (Å²) in [6.45, 7) is 2.57. The number of benzene rings is 1. The Morgan fingerprint density at radius 2 is 1.85 bits per heavy atom. The smallest absolute Gasteiger partial charge is 0.0139 e. The molecule has 4 unspecified atom stereocenters. The van der Waals surface area contributed by atoms with E-state index < -0.39 is 0 Å². The zero-order valence-corrected chi connectivity index (χ0v) is 12.3. The van der Waals surface area contributed by atoms with Gasteiger partial charge in [-0.05, 0) is 55.1 Å². The third-order valence-corrected chi connectivity index (χ3v) is 6.02. The lowest BCUT2D eigenvalue weighted by molar-refractivity contribution is 0.209. The molecule has 2 nitrogen and oxygen atoms in total. The summed E-state index contributed by atoms with van der Waals surface area (Å²) in [6, 6.07) is 10.3. The Bertz CT molecular complexity index is 484. The third-order valence-electron chi connectivity index (χ3n) is 6.02. The van der Waals surface area contributed by atoms with Gasteiger partial charge < -0.3 is 5.73 Å². The SMILES string of the molecule is NC1CCCC2CN(C3CCc4ccccc4C3)CC12. The second kappa shape index (κ2) is 5.16. The van der Waals surface area contributed by atoms with E-state index in [1.807, 2.05) is 0 Å². The van der Waals surface area contributed by atoms with Crippen LogP contribution in [0.25, 0.3) is 0 Å². The van der Waals surface area contributed by atoms with Crippen LogP contribution >= 0.6 is 0 Å². The quantitative estimate of drug-likeness (QED) is 0.850. The van der Waals surface area contributed by atoms with Gasteiger partial charge in [0.05, 0.1) is 0 Å². The van der Waals surface area contributed by atoms with E-state index in [4.69, 9.17) is 5.73 Å². The number of rotatable bonds is 1. The molecule has 0 aromatic heterocycles. The van der Waals surface area contributed by atoms with Crippen LogP contribution in [0.15, 0.2) is 24.3 Å². The average molecular weight is 270 g/mol. The van der Waals surface area contributed by atoms with E-state index in [-0.39, 0.29) is 0 Å². The van der Waals surface area contributed by atoms with Gasteiger partial charge in [0.15, 0.2) is 0 Å². The third kappa shape index (κ3) is 2.19. The Hall–Kier alpha value is -0.860. The van der Waals surface area contributed by atoms with E-state index in [1.54, 1.807) is 11.1 Å². The topological polar surface area (TPSA) is 29.3 Å². The predicted octanol–water partition coefficient (Wildman–Crippen LogP) is 2.60. The summed E-state index contributed by atoms with van der Waals surface area (Å²) in [7, 11) is 0. The monoisotopic (exact) mass is 270 g/mol. The van der Waals surface area contributed by atoms with E-state index in [2.05, 4.69) is 29.2 Å². The minimum atomic E-state index is 0.467. The van der Waals surface area contributed by atoms with Crippen molar-refractivity contribution in [2.24, 2.45) is 17.6 Å². The van der Waals surface area contributed by atoms with Gasteiger partial charge in [-0.2, -0.15) is 0 Å². The average Bonchev–Trinajstić information content (AvgIpc) is 2.92. The fourth-order valence-corrected chi connectivity index (χ4v) is 4.84.